The number of nitrogens with zero attached hydrogens (tertiary/aromatic N) is 2. The average molecular weight is 235 g/mol. The highest BCUT2D eigenvalue weighted by atomic mass is 32.2. The molecule has 0 saturated carbocycles. The van der Waals surface area contributed by atoms with E-state index in [0.717, 1.165) is 22.2 Å². The molecule has 1 N–H and O–H groups in total. The predicted molar refractivity (Wildman–Crippen MR) is 63.8 cm³/mol. The molecule has 0 aliphatic heterocycles. The standard InChI is InChI=1S/C11H13N3OS/c1-9-4-2-3-5-10(9)15-6-7-16-11-12-8-13-14-11/h2-5,8H,6-7H2,1H3,(H,12,13,14). The molecular weight excluding hydrogens is 222 g/mol. The first-order valence-electron chi connectivity index (χ1n) is 5.03. The molecule has 0 fully saturated rings. The summed E-state index contributed by atoms with van der Waals surface area (Å²) < 4.78 is 5.65. The van der Waals surface area contributed by atoms with E-state index in [2.05, 4.69) is 15.2 Å². The second kappa shape index (κ2) is 5.55. The number of para-hydroxylation sites is 1. The summed E-state index contributed by atoms with van der Waals surface area (Å²) in [5, 5.41) is 7.40. The van der Waals surface area contributed by atoms with Crippen molar-refractivity contribution in [1.29, 1.82) is 0 Å². The Bertz CT molecular complexity index is 431. The number of nitrogens with one attached hydrogen (secondary N) is 1. The van der Waals surface area contributed by atoms with Crippen LogP contribution in [-0.4, -0.2) is 27.5 Å². The van der Waals surface area contributed by atoms with E-state index in [-0.39, 0.29) is 0 Å². The number of ether oxygens (including phenoxy) is 1. The van der Waals surface area contributed by atoms with E-state index in [1.54, 1.807) is 11.8 Å². The van der Waals surface area contributed by atoms with Crippen LogP contribution in [0.3, 0.4) is 0 Å². The summed E-state index contributed by atoms with van der Waals surface area (Å²) in [6, 6.07) is 8.00. The summed E-state index contributed by atoms with van der Waals surface area (Å²) in [7, 11) is 0. The first-order valence-corrected chi connectivity index (χ1v) is 6.01. The van der Waals surface area contributed by atoms with Crippen LogP contribution >= 0.6 is 11.8 Å². The van der Waals surface area contributed by atoms with Crippen LogP contribution < -0.4 is 4.74 Å². The molecule has 1 aromatic carbocycles. The maximum absolute atomic E-state index is 5.65. The number of aryl methyl sites for hydroxylation is 1. The Morgan fingerprint density at radius 1 is 1.38 bits per heavy atom. The lowest BCUT2D eigenvalue weighted by Gasteiger charge is -2.07. The minimum atomic E-state index is 0.663. The minimum Gasteiger partial charge on any atom is -0.492 e. The predicted octanol–water partition coefficient (Wildman–Crippen LogP) is 2.28. The highest BCUT2D eigenvalue weighted by Crippen LogP contribution is 2.17. The maximum atomic E-state index is 5.65. The van der Waals surface area contributed by atoms with Gasteiger partial charge in [-0.3, -0.25) is 5.10 Å². The van der Waals surface area contributed by atoms with Crippen LogP contribution in [0, 0.1) is 6.92 Å². The Balaban J connectivity index is 1.74. The van der Waals surface area contributed by atoms with Gasteiger partial charge in [0.1, 0.15) is 12.1 Å². The lowest BCUT2D eigenvalue weighted by molar-refractivity contribution is 0.341. The van der Waals surface area contributed by atoms with Crippen molar-refractivity contribution in [3.8, 4) is 5.75 Å². The molecule has 0 aliphatic rings. The van der Waals surface area contributed by atoms with E-state index in [9.17, 15) is 0 Å². The molecular formula is C11H13N3OS. The number of H-pyrrole nitrogens is 1. The van der Waals surface area contributed by atoms with Gasteiger partial charge in [0.15, 0.2) is 5.16 Å². The molecule has 0 unspecified atom stereocenters. The molecule has 0 amide bonds. The van der Waals surface area contributed by atoms with Gasteiger partial charge in [-0.15, -0.1) is 0 Å². The van der Waals surface area contributed by atoms with Gasteiger partial charge in [0, 0.05) is 5.75 Å². The zero-order valence-corrected chi connectivity index (χ0v) is 9.83. The van der Waals surface area contributed by atoms with Gasteiger partial charge in [-0.05, 0) is 18.6 Å². The van der Waals surface area contributed by atoms with E-state index in [4.69, 9.17) is 4.74 Å². The quantitative estimate of drug-likeness (QED) is 0.638. The van der Waals surface area contributed by atoms with Crippen LogP contribution in [0.1, 0.15) is 5.56 Å². The Morgan fingerprint density at radius 2 is 2.25 bits per heavy atom. The number of rotatable bonds is 5. The molecule has 5 heteroatoms. The van der Waals surface area contributed by atoms with Crippen molar-refractivity contribution in [2.45, 2.75) is 12.1 Å². The Hall–Kier alpha value is -1.49. The van der Waals surface area contributed by atoms with Gasteiger partial charge in [-0.25, -0.2) is 4.98 Å². The van der Waals surface area contributed by atoms with Crippen molar-refractivity contribution in [1.82, 2.24) is 15.2 Å². The van der Waals surface area contributed by atoms with E-state index in [1.165, 1.54) is 6.33 Å². The fourth-order valence-corrected chi connectivity index (χ4v) is 1.87. The molecule has 84 valence electrons. The summed E-state index contributed by atoms with van der Waals surface area (Å²) in [5.74, 6) is 1.80. The van der Waals surface area contributed by atoms with Gasteiger partial charge in [0.25, 0.3) is 0 Å². The van der Waals surface area contributed by atoms with Gasteiger partial charge in [-0.1, -0.05) is 30.0 Å². The number of aromatic nitrogens is 3. The summed E-state index contributed by atoms with van der Waals surface area (Å²) in [4.78, 5) is 4.02. The third-order valence-corrected chi connectivity index (χ3v) is 2.91. The van der Waals surface area contributed by atoms with Crippen molar-refractivity contribution >= 4 is 11.8 Å². The average Bonchev–Trinajstić information content (AvgIpc) is 2.79. The van der Waals surface area contributed by atoms with Crippen molar-refractivity contribution in [3.63, 3.8) is 0 Å². The van der Waals surface area contributed by atoms with Crippen molar-refractivity contribution in [2.75, 3.05) is 12.4 Å². The Morgan fingerprint density at radius 3 is 3.00 bits per heavy atom. The molecule has 4 nitrogen and oxygen atoms in total. The molecule has 0 bridgehead atoms. The SMILES string of the molecule is Cc1ccccc1OCCSc1ncn[nH]1. The summed E-state index contributed by atoms with van der Waals surface area (Å²) in [6.45, 7) is 2.70. The minimum absolute atomic E-state index is 0.663. The first-order chi connectivity index (χ1) is 7.86. The fraction of sp³-hybridized carbons (Fsp3) is 0.273. The highest BCUT2D eigenvalue weighted by molar-refractivity contribution is 7.99. The van der Waals surface area contributed by atoms with Crippen LogP contribution in [0.25, 0.3) is 0 Å². The summed E-state index contributed by atoms with van der Waals surface area (Å²) >= 11 is 1.60. The highest BCUT2D eigenvalue weighted by Gasteiger charge is 1.99. The van der Waals surface area contributed by atoms with Crippen LogP contribution in [0.2, 0.25) is 0 Å². The molecule has 0 aliphatic carbocycles. The summed E-state index contributed by atoms with van der Waals surface area (Å²) in [6.07, 6.45) is 1.50. The van der Waals surface area contributed by atoms with Gasteiger partial charge >= 0.3 is 0 Å². The van der Waals surface area contributed by atoms with Crippen LogP contribution in [0.5, 0.6) is 5.75 Å². The second-order valence-electron chi connectivity index (χ2n) is 3.25. The third-order valence-electron chi connectivity index (χ3n) is 2.07. The lowest BCUT2D eigenvalue weighted by Crippen LogP contribution is -2.01. The number of aromatic amines is 1. The number of hydrogen-bond donors (Lipinski definition) is 1. The lowest BCUT2D eigenvalue weighted by atomic mass is 10.2. The van der Waals surface area contributed by atoms with E-state index in [0.29, 0.717) is 6.61 Å². The molecule has 0 saturated heterocycles. The second-order valence-corrected chi connectivity index (χ2v) is 4.34. The molecule has 2 aromatic rings. The smallest absolute Gasteiger partial charge is 0.183 e. The van der Waals surface area contributed by atoms with E-state index < -0.39 is 0 Å². The molecule has 1 heterocycles. The van der Waals surface area contributed by atoms with Gasteiger partial charge in [-0.2, -0.15) is 5.10 Å². The molecule has 0 radical (unpaired) electrons. The van der Waals surface area contributed by atoms with Crippen LogP contribution in [-0.2, 0) is 0 Å². The number of hydrogen-bond acceptors (Lipinski definition) is 4. The monoisotopic (exact) mass is 235 g/mol. The maximum Gasteiger partial charge on any atom is 0.183 e. The molecule has 1 aromatic heterocycles. The topological polar surface area (TPSA) is 50.8 Å². The van der Waals surface area contributed by atoms with Crippen LogP contribution in [0.4, 0.5) is 0 Å². The Labute approximate surface area is 98.4 Å². The Kier molecular flexibility index (Phi) is 3.82. The number of thioether (sulfide) groups is 1. The molecule has 0 spiro atoms. The normalized spacial score (nSPS) is 10.3. The van der Waals surface area contributed by atoms with Crippen molar-refractivity contribution in [2.24, 2.45) is 0 Å². The van der Waals surface area contributed by atoms with Gasteiger partial charge in [0.05, 0.1) is 6.61 Å². The fourth-order valence-electron chi connectivity index (χ4n) is 1.27. The largest absolute Gasteiger partial charge is 0.492 e. The van der Waals surface area contributed by atoms with Crippen LogP contribution in [0.15, 0.2) is 35.7 Å². The van der Waals surface area contributed by atoms with E-state index >= 15 is 0 Å². The zero-order chi connectivity index (χ0) is 11.2. The first kappa shape index (κ1) is 11.0. The third kappa shape index (κ3) is 3.00. The van der Waals surface area contributed by atoms with Crippen molar-refractivity contribution < 1.29 is 4.74 Å². The van der Waals surface area contributed by atoms with E-state index in [1.807, 2.05) is 31.2 Å². The molecule has 16 heavy (non-hydrogen) atoms. The van der Waals surface area contributed by atoms with Crippen molar-refractivity contribution in [3.05, 3.63) is 36.2 Å². The number of benzene rings is 1. The molecule has 2 rings (SSSR count). The zero-order valence-electron chi connectivity index (χ0n) is 9.01. The summed E-state index contributed by atoms with van der Waals surface area (Å²) in [5.41, 5.74) is 1.16. The molecule has 0 atom stereocenters. The van der Waals surface area contributed by atoms with Gasteiger partial charge < -0.3 is 4.74 Å². The van der Waals surface area contributed by atoms with Gasteiger partial charge in [0.2, 0.25) is 0 Å².